The minimum Gasteiger partial charge on any atom is -0.456 e. The molecule has 0 saturated carbocycles. The van der Waals surface area contributed by atoms with Gasteiger partial charge in [-0.15, -0.1) is 11.3 Å². The van der Waals surface area contributed by atoms with Crippen molar-refractivity contribution in [1.82, 2.24) is 0 Å². The predicted octanol–water partition coefficient (Wildman–Crippen LogP) is 8.65. The minimum absolute atomic E-state index is 0.925. The number of rotatable bonds is 1. The molecular weight excluding hydrogens is 384 g/mol. The molecule has 0 unspecified atom stereocenters. The fourth-order valence-electron chi connectivity index (χ4n) is 4.76. The van der Waals surface area contributed by atoms with Crippen LogP contribution >= 0.6 is 11.3 Å². The lowest BCUT2D eigenvalue weighted by atomic mass is 9.89. The number of thiophene rings is 1. The zero-order chi connectivity index (χ0) is 19.7. The van der Waals surface area contributed by atoms with E-state index in [4.69, 9.17) is 4.74 Å². The van der Waals surface area contributed by atoms with E-state index < -0.39 is 0 Å². The van der Waals surface area contributed by atoms with Gasteiger partial charge in [-0.2, -0.15) is 0 Å². The largest absolute Gasteiger partial charge is 0.456 e. The van der Waals surface area contributed by atoms with E-state index in [0.29, 0.717) is 0 Å². The molecule has 2 heterocycles. The molecule has 1 aliphatic heterocycles. The molecular formula is C28H16OS. The number of benzene rings is 5. The quantitative estimate of drug-likeness (QED) is 0.268. The SMILES string of the molecule is c1ccc2c(c1)Oc1cccc3cc(-c4cccc5sc6ccccc6c45)cc-2c13. The number of para-hydroxylation sites is 1. The molecule has 0 fully saturated rings. The Hall–Kier alpha value is -3.62. The first-order valence-corrected chi connectivity index (χ1v) is 10.9. The molecule has 1 aromatic heterocycles. The third-order valence-corrected chi connectivity index (χ3v) is 7.19. The Morgan fingerprint density at radius 3 is 2.30 bits per heavy atom. The van der Waals surface area contributed by atoms with Crippen molar-refractivity contribution in [3.05, 3.63) is 97.1 Å². The van der Waals surface area contributed by atoms with Gasteiger partial charge >= 0.3 is 0 Å². The van der Waals surface area contributed by atoms with Crippen LogP contribution in [0.2, 0.25) is 0 Å². The summed E-state index contributed by atoms with van der Waals surface area (Å²) in [5.74, 6) is 1.86. The Bertz CT molecular complexity index is 1620. The normalized spacial score (nSPS) is 12.3. The van der Waals surface area contributed by atoms with E-state index >= 15 is 0 Å². The summed E-state index contributed by atoms with van der Waals surface area (Å²) in [6, 6.07) is 34.7. The zero-order valence-corrected chi connectivity index (χ0v) is 16.9. The van der Waals surface area contributed by atoms with E-state index in [0.717, 1.165) is 17.1 Å². The first kappa shape index (κ1) is 16.2. The Labute approximate surface area is 177 Å². The number of fused-ring (bicyclic) bond motifs is 5. The number of ether oxygens (including phenoxy) is 1. The lowest BCUT2D eigenvalue weighted by Crippen LogP contribution is -1.97. The zero-order valence-electron chi connectivity index (χ0n) is 16.1. The van der Waals surface area contributed by atoms with Gasteiger partial charge in [0.15, 0.2) is 0 Å². The van der Waals surface area contributed by atoms with E-state index in [1.807, 2.05) is 17.4 Å². The maximum atomic E-state index is 6.21. The molecule has 0 N–H and O–H groups in total. The van der Waals surface area contributed by atoms with Gasteiger partial charge in [-0.25, -0.2) is 0 Å². The van der Waals surface area contributed by atoms with Crippen molar-refractivity contribution in [3.63, 3.8) is 0 Å². The van der Waals surface area contributed by atoms with Crippen molar-refractivity contribution < 1.29 is 4.74 Å². The summed E-state index contributed by atoms with van der Waals surface area (Å²) in [4.78, 5) is 0. The van der Waals surface area contributed by atoms with Crippen LogP contribution in [0.15, 0.2) is 97.1 Å². The number of hydrogen-bond acceptors (Lipinski definition) is 2. The Morgan fingerprint density at radius 1 is 0.533 bits per heavy atom. The first-order valence-electron chi connectivity index (χ1n) is 10.1. The van der Waals surface area contributed by atoms with Gasteiger partial charge in [0, 0.05) is 31.1 Å². The molecule has 1 nitrogen and oxygen atoms in total. The summed E-state index contributed by atoms with van der Waals surface area (Å²) in [5, 5.41) is 5.09. The molecule has 0 amide bonds. The molecule has 5 aromatic carbocycles. The van der Waals surface area contributed by atoms with Gasteiger partial charge in [-0.1, -0.05) is 60.7 Å². The van der Waals surface area contributed by atoms with Gasteiger partial charge < -0.3 is 4.74 Å². The summed E-state index contributed by atoms with van der Waals surface area (Å²) in [7, 11) is 0. The number of hydrogen-bond donors (Lipinski definition) is 0. The van der Waals surface area contributed by atoms with Crippen molar-refractivity contribution in [2.75, 3.05) is 0 Å². The highest BCUT2D eigenvalue weighted by Crippen LogP contribution is 2.49. The van der Waals surface area contributed by atoms with Crippen LogP contribution in [-0.2, 0) is 0 Å². The second-order valence-electron chi connectivity index (χ2n) is 7.75. The van der Waals surface area contributed by atoms with Crippen molar-refractivity contribution in [1.29, 1.82) is 0 Å². The van der Waals surface area contributed by atoms with E-state index in [-0.39, 0.29) is 0 Å². The van der Waals surface area contributed by atoms with E-state index in [2.05, 4.69) is 91.0 Å². The van der Waals surface area contributed by atoms with Crippen molar-refractivity contribution in [2.24, 2.45) is 0 Å². The molecule has 1 aliphatic rings. The van der Waals surface area contributed by atoms with Gasteiger partial charge in [-0.3, -0.25) is 0 Å². The highest BCUT2D eigenvalue weighted by atomic mass is 32.1. The lowest BCUT2D eigenvalue weighted by molar-refractivity contribution is 0.487. The maximum Gasteiger partial charge on any atom is 0.135 e. The van der Waals surface area contributed by atoms with Gasteiger partial charge in [0.25, 0.3) is 0 Å². The molecule has 0 radical (unpaired) electrons. The van der Waals surface area contributed by atoms with Gasteiger partial charge in [0.05, 0.1) is 0 Å². The summed E-state index contributed by atoms with van der Waals surface area (Å²) < 4.78 is 8.88. The second-order valence-corrected chi connectivity index (χ2v) is 8.84. The smallest absolute Gasteiger partial charge is 0.135 e. The van der Waals surface area contributed by atoms with Crippen LogP contribution < -0.4 is 4.74 Å². The van der Waals surface area contributed by atoms with Crippen LogP contribution in [0, 0.1) is 0 Å². The van der Waals surface area contributed by atoms with Crippen molar-refractivity contribution >= 4 is 42.3 Å². The van der Waals surface area contributed by atoms with Gasteiger partial charge in [-0.05, 0) is 58.5 Å². The standard InChI is InChI=1S/C28H16OS/c1-3-11-23-20(8-1)22-16-18(15-17-7-5-12-24(29-23)27(17)22)19-10-6-14-26-28(19)21-9-2-4-13-25(21)30-26/h1-16H. The Kier molecular flexibility index (Phi) is 3.21. The molecule has 0 bridgehead atoms. The summed E-state index contributed by atoms with van der Waals surface area (Å²) in [6.07, 6.45) is 0. The summed E-state index contributed by atoms with van der Waals surface area (Å²) >= 11 is 1.87. The van der Waals surface area contributed by atoms with Crippen LogP contribution in [0.4, 0.5) is 0 Å². The molecule has 0 aliphatic carbocycles. The average Bonchev–Trinajstić information content (AvgIpc) is 3.18. The van der Waals surface area contributed by atoms with Gasteiger partial charge in [0.1, 0.15) is 11.5 Å². The molecule has 7 rings (SSSR count). The predicted molar refractivity (Wildman–Crippen MR) is 128 cm³/mol. The van der Waals surface area contributed by atoms with Crippen LogP contribution in [0.1, 0.15) is 0 Å². The van der Waals surface area contributed by atoms with Crippen LogP contribution in [0.5, 0.6) is 11.5 Å². The molecule has 2 heteroatoms. The molecule has 6 aromatic rings. The van der Waals surface area contributed by atoms with Crippen LogP contribution in [0.25, 0.3) is 53.2 Å². The third-order valence-electron chi connectivity index (χ3n) is 6.05. The van der Waals surface area contributed by atoms with Crippen LogP contribution in [0.3, 0.4) is 0 Å². The fraction of sp³-hybridized carbons (Fsp3) is 0. The first-order chi connectivity index (χ1) is 14.9. The van der Waals surface area contributed by atoms with Crippen LogP contribution in [-0.4, -0.2) is 0 Å². The minimum atomic E-state index is 0.925. The lowest BCUT2D eigenvalue weighted by Gasteiger charge is -2.22. The van der Waals surface area contributed by atoms with Crippen molar-refractivity contribution in [2.45, 2.75) is 0 Å². The van der Waals surface area contributed by atoms with Crippen molar-refractivity contribution in [3.8, 4) is 33.8 Å². The highest BCUT2D eigenvalue weighted by molar-refractivity contribution is 7.25. The topological polar surface area (TPSA) is 9.23 Å². The van der Waals surface area contributed by atoms with E-state index in [9.17, 15) is 0 Å². The van der Waals surface area contributed by atoms with E-state index in [1.54, 1.807) is 0 Å². The Morgan fingerprint density at radius 2 is 1.30 bits per heavy atom. The molecule has 140 valence electrons. The summed E-state index contributed by atoms with van der Waals surface area (Å²) in [5.41, 5.74) is 4.94. The average molecular weight is 401 g/mol. The maximum absolute atomic E-state index is 6.21. The molecule has 0 atom stereocenters. The van der Waals surface area contributed by atoms with E-state index in [1.165, 1.54) is 47.6 Å². The fourth-order valence-corrected chi connectivity index (χ4v) is 5.89. The monoisotopic (exact) mass is 400 g/mol. The molecule has 30 heavy (non-hydrogen) atoms. The third kappa shape index (κ3) is 2.17. The second kappa shape index (κ2) is 5.94. The molecule has 0 spiro atoms. The highest BCUT2D eigenvalue weighted by Gasteiger charge is 2.21. The summed E-state index contributed by atoms with van der Waals surface area (Å²) in [6.45, 7) is 0. The molecule has 0 saturated heterocycles. The van der Waals surface area contributed by atoms with Gasteiger partial charge in [0.2, 0.25) is 0 Å². The Balaban J connectivity index is 1.61.